The number of ketones is 1. The van der Waals surface area contributed by atoms with E-state index < -0.39 is 0 Å². The van der Waals surface area contributed by atoms with Crippen LogP contribution in [0.5, 0.6) is 5.75 Å². The molecule has 2 aromatic carbocycles. The normalized spacial score (nSPS) is 13.5. The van der Waals surface area contributed by atoms with Crippen molar-refractivity contribution in [3.8, 4) is 5.75 Å². The summed E-state index contributed by atoms with van der Waals surface area (Å²) in [6, 6.07) is 16.1. The van der Waals surface area contributed by atoms with Gasteiger partial charge in [-0.1, -0.05) is 30.3 Å². The molecule has 0 saturated heterocycles. The number of hydrogen-bond acceptors (Lipinski definition) is 3. The van der Waals surface area contributed by atoms with Gasteiger partial charge in [0.2, 0.25) is 0 Å². The largest absolute Gasteiger partial charge is 0.490 e. The molecule has 0 fully saturated rings. The first-order valence-electron chi connectivity index (χ1n) is 7.31. The Morgan fingerprint density at radius 2 is 2.00 bits per heavy atom. The molecule has 0 spiro atoms. The first-order valence-corrected chi connectivity index (χ1v) is 7.31. The molecule has 0 atom stereocenters. The average molecular weight is 281 g/mol. The second-order valence-electron chi connectivity index (χ2n) is 5.31. The van der Waals surface area contributed by atoms with Gasteiger partial charge in [0, 0.05) is 12.1 Å². The van der Waals surface area contributed by atoms with Crippen molar-refractivity contribution in [3.63, 3.8) is 0 Å². The summed E-state index contributed by atoms with van der Waals surface area (Å²) in [5.41, 5.74) is 3.10. The molecule has 0 N–H and O–H groups in total. The van der Waals surface area contributed by atoms with Gasteiger partial charge in [-0.25, -0.2) is 0 Å². The third-order valence-corrected chi connectivity index (χ3v) is 3.84. The lowest BCUT2D eigenvalue weighted by atomic mass is 10.1. The van der Waals surface area contributed by atoms with E-state index in [0.29, 0.717) is 6.61 Å². The van der Waals surface area contributed by atoms with Crippen LogP contribution in [0.2, 0.25) is 0 Å². The quantitative estimate of drug-likeness (QED) is 0.805. The van der Waals surface area contributed by atoms with Crippen LogP contribution in [-0.2, 0) is 6.42 Å². The molecular weight excluding hydrogens is 262 g/mol. The van der Waals surface area contributed by atoms with E-state index in [9.17, 15) is 4.79 Å². The summed E-state index contributed by atoms with van der Waals surface area (Å²) in [5.74, 6) is 0.964. The fraction of sp³-hybridized carbons (Fsp3) is 0.278. The minimum absolute atomic E-state index is 0.0892. The summed E-state index contributed by atoms with van der Waals surface area (Å²) in [6.45, 7) is 4.09. The maximum Gasteiger partial charge on any atom is 0.159 e. The molecule has 0 radical (unpaired) electrons. The van der Waals surface area contributed by atoms with Crippen molar-refractivity contribution in [1.82, 2.24) is 0 Å². The Morgan fingerprint density at radius 1 is 1.19 bits per heavy atom. The van der Waals surface area contributed by atoms with E-state index in [2.05, 4.69) is 29.2 Å². The highest BCUT2D eigenvalue weighted by molar-refractivity contribution is 5.95. The lowest BCUT2D eigenvalue weighted by Crippen LogP contribution is -2.34. The van der Waals surface area contributed by atoms with Crippen LogP contribution in [-0.4, -0.2) is 25.5 Å². The molecule has 3 nitrogen and oxygen atoms in total. The third kappa shape index (κ3) is 3.07. The van der Waals surface area contributed by atoms with Gasteiger partial charge in [0.1, 0.15) is 12.4 Å². The van der Waals surface area contributed by atoms with Crippen molar-refractivity contribution in [2.24, 2.45) is 0 Å². The van der Waals surface area contributed by atoms with Crippen LogP contribution in [0.1, 0.15) is 22.8 Å². The molecule has 1 aliphatic heterocycles. The number of ether oxygens (including phenoxy) is 1. The molecule has 3 heteroatoms. The first kappa shape index (κ1) is 13.7. The Hall–Kier alpha value is -2.29. The third-order valence-electron chi connectivity index (χ3n) is 3.84. The number of carbonyl (C=O) groups is 1. The fourth-order valence-corrected chi connectivity index (χ4v) is 2.63. The van der Waals surface area contributed by atoms with Gasteiger partial charge in [0.15, 0.2) is 5.78 Å². The number of rotatable bonds is 4. The van der Waals surface area contributed by atoms with Crippen molar-refractivity contribution in [1.29, 1.82) is 0 Å². The number of carbonyl (C=O) groups excluding carboxylic acids is 1. The zero-order valence-electron chi connectivity index (χ0n) is 12.2. The lowest BCUT2D eigenvalue weighted by molar-refractivity contribution is 0.101. The van der Waals surface area contributed by atoms with Crippen LogP contribution in [0.3, 0.4) is 0 Å². The Labute approximate surface area is 125 Å². The molecule has 3 rings (SSSR count). The highest BCUT2D eigenvalue weighted by Crippen LogP contribution is 2.32. The van der Waals surface area contributed by atoms with E-state index in [4.69, 9.17) is 4.74 Å². The Bertz CT molecular complexity index is 637. The van der Waals surface area contributed by atoms with Crippen molar-refractivity contribution in [3.05, 3.63) is 59.7 Å². The molecule has 0 aliphatic carbocycles. The molecule has 21 heavy (non-hydrogen) atoms. The summed E-state index contributed by atoms with van der Waals surface area (Å²) in [7, 11) is 0. The fourth-order valence-electron chi connectivity index (χ4n) is 2.63. The predicted molar refractivity (Wildman–Crippen MR) is 84.3 cm³/mol. The van der Waals surface area contributed by atoms with E-state index >= 15 is 0 Å². The predicted octanol–water partition coefficient (Wildman–Crippen LogP) is 3.33. The van der Waals surface area contributed by atoms with E-state index in [1.807, 2.05) is 24.3 Å². The lowest BCUT2D eigenvalue weighted by Gasteiger charge is -2.31. The van der Waals surface area contributed by atoms with Crippen LogP contribution < -0.4 is 9.64 Å². The van der Waals surface area contributed by atoms with Crippen LogP contribution in [0.15, 0.2) is 48.5 Å². The van der Waals surface area contributed by atoms with E-state index in [-0.39, 0.29) is 5.78 Å². The highest BCUT2D eigenvalue weighted by Gasteiger charge is 2.19. The topological polar surface area (TPSA) is 29.5 Å². The molecule has 0 unspecified atom stereocenters. The van der Waals surface area contributed by atoms with Crippen molar-refractivity contribution in [2.45, 2.75) is 13.3 Å². The standard InChI is InChI=1S/C18H19NO2/c1-14(20)16-7-8-18-17(13-16)19(11-12-21-18)10-9-15-5-3-2-4-6-15/h2-8,13H,9-12H2,1H3. The van der Waals surface area contributed by atoms with Gasteiger partial charge in [0.25, 0.3) is 0 Å². The Kier molecular flexibility index (Phi) is 3.91. The summed E-state index contributed by atoms with van der Waals surface area (Å²) in [4.78, 5) is 13.9. The van der Waals surface area contributed by atoms with Gasteiger partial charge in [0.05, 0.1) is 12.2 Å². The van der Waals surface area contributed by atoms with Crippen molar-refractivity contribution < 1.29 is 9.53 Å². The van der Waals surface area contributed by atoms with Crippen LogP contribution in [0, 0.1) is 0 Å². The monoisotopic (exact) mass is 281 g/mol. The van der Waals surface area contributed by atoms with Gasteiger partial charge in [-0.3, -0.25) is 4.79 Å². The summed E-state index contributed by atoms with van der Waals surface area (Å²) >= 11 is 0. The number of nitrogens with zero attached hydrogens (tertiary/aromatic N) is 1. The van der Waals surface area contributed by atoms with Gasteiger partial charge in [-0.15, -0.1) is 0 Å². The van der Waals surface area contributed by atoms with Crippen molar-refractivity contribution in [2.75, 3.05) is 24.6 Å². The highest BCUT2D eigenvalue weighted by atomic mass is 16.5. The molecule has 0 amide bonds. The van der Waals surface area contributed by atoms with E-state index in [1.54, 1.807) is 6.92 Å². The maximum absolute atomic E-state index is 11.6. The van der Waals surface area contributed by atoms with Crippen molar-refractivity contribution >= 4 is 11.5 Å². The molecule has 1 heterocycles. The summed E-state index contributed by atoms with van der Waals surface area (Å²) < 4.78 is 5.69. The smallest absolute Gasteiger partial charge is 0.159 e. The van der Waals surface area contributed by atoms with Crippen LogP contribution in [0.25, 0.3) is 0 Å². The Morgan fingerprint density at radius 3 is 2.76 bits per heavy atom. The summed E-state index contributed by atoms with van der Waals surface area (Å²) in [5, 5.41) is 0. The minimum Gasteiger partial charge on any atom is -0.490 e. The minimum atomic E-state index is 0.0892. The van der Waals surface area contributed by atoms with Gasteiger partial charge < -0.3 is 9.64 Å². The van der Waals surface area contributed by atoms with Gasteiger partial charge >= 0.3 is 0 Å². The molecular formula is C18H19NO2. The van der Waals surface area contributed by atoms with Gasteiger partial charge in [-0.05, 0) is 37.1 Å². The molecule has 1 aliphatic rings. The van der Waals surface area contributed by atoms with Crippen LogP contribution in [0.4, 0.5) is 5.69 Å². The van der Waals surface area contributed by atoms with Gasteiger partial charge in [-0.2, -0.15) is 0 Å². The average Bonchev–Trinajstić information content (AvgIpc) is 2.53. The second kappa shape index (κ2) is 6.00. The number of fused-ring (bicyclic) bond motifs is 1. The molecule has 0 bridgehead atoms. The molecule has 0 aromatic heterocycles. The maximum atomic E-state index is 11.6. The molecule has 0 saturated carbocycles. The number of hydrogen-bond donors (Lipinski definition) is 0. The number of benzene rings is 2. The van der Waals surface area contributed by atoms with Crippen LogP contribution >= 0.6 is 0 Å². The second-order valence-corrected chi connectivity index (χ2v) is 5.31. The van der Waals surface area contributed by atoms with E-state index in [0.717, 1.165) is 36.5 Å². The SMILES string of the molecule is CC(=O)c1ccc2c(c1)N(CCc1ccccc1)CCO2. The Balaban J connectivity index is 1.79. The number of anilines is 1. The zero-order chi connectivity index (χ0) is 14.7. The summed E-state index contributed by atoms with van der Waals surface area (Å²) in [6.07, 6.45) is 0.991. The zero-order valence-corrected chi connectivity index (χ0v) is 12.2. The molecule has 108 valence electrons. The first-order chi connectivity index (χ1) is 10.2. The molecule has 2 aromatic rings. The number of Topliss-reactive ketones (excluding diaryl/α,β-unsaturated/α-hetero) is 1. The van der Waals surface area contributed by atoms with E-state index in [1.165, 1.54) is 5.56 Å².